The zero-order valence-electron chi connectivity index (χ0n) is 11.4. The number of ether oxygens (including phenoxy) is 1. The van der Waals surface area contributed by atoms with Gasteiger partial charge in [0.2, 0.25) is 0 Å². The number of aromatic nitrogens is 1. The van der Waals surface area contributed by atoms with Crippen LogP contribution in [0.3, 0.4) is 0 Å². The Balaban J connectivity index is 2.30. The van der Waals surface area contributed by atoms with Crippen LogP contribution in [-0.4, -0.2) is 36.4 Å². The van der Waals surface area contributed by atoms with Crippen LogP contribution in [0.5, 0.6) is 0 Å². The first-order chi connectivity index (χ1) is 8.63. The van der Waals surface area contributed by atoms with Crippen molar-refractivity contribution in [1.82, 2.24) is 4.98 Å². The molecule has 18 heavy (non-hydrogen) atoms. The number of anilines is 1. The Bertz CT molecular complexity index is 415. The fourth-order valence-electron chi connectivity index (χ4n) is 2.58. The molecule has 0 spiro atoms. The van der Waals surface area contributed by atoms with Crippen molar-refractivity contribution in [2.45, 2.75) is 39.3 Å². The summed E-state index contributed by atoms with van der Waals surface area (Å²) in [5.41, 5.74) is 3.05. The second-order valence-corrected chi connectivity index (χ2v) is 5.00. The summed E-state index contributed by atoms with van der Waals surface area (Å²) < 4.78 is 5.39. The van der Waals surface area contributed by atoms with Gasteiger partial charge >= 0.3 is 0 Å². The third kappa shape index (κ3) is 2.65. The quantitative estimate of drug-likeness (QED) is 0.888. The van der Waals surface area contributed by atoms with Crippen LogP contribution in [0.4, 0.5) is 5.82 Å². The van der Waals surface area contributed by atoms with E-state index < -0.39 is 0 Å². The molecule has 0 aromatic carbocycles. The first kappa shape index (κ1) is 13.3. The minimum atomic E-state index is 0.0437. The molecule has 2 heterocycles. The Labute approximate surface area is 109 Å². The highest BCUT2D eigenvalue weighted by Crippen LogP contribution is 2.26. The molecule has 1 fully saturated rings. The minimum Gasteiger partial charge on any atom is -0.392 e. The van der Waals surface area contributed by atoms with Crippen LogP contribution in [0, 0.1) is 13.8 Å². The maximum Gasteiger partial charge on any atom is 0.134 e. The van der Waals surface area contributed by atoms with Crippen molar-refractivity contribution in [1.29, 1.82) is 0 Å². The van der Waals surface area contributed by atoms with Crippen molar-refractivity contribution in [2.24, 2.45) is 0 Å². The van der Waals surface area contributed by atoms with E-state index in [1.165, 1.54) is 0 Å². The highest BCUT2D eigenvalue weighted by molar-refractivity contribution is 5.51. The second kappa shape index (κ2) is 5.67. The summed E-state index contributed by atoms with van der Waals surface area (Å²) in [7, 11) is 2.07. The van der Waals surface area contributed by atoms with E-state index in [9.17, 15) is 5.11 Å². The van der Waals surface area contributed by atoms with E-state index >= 15 is 0 Å². The topological polar surface area (TPSA) is 45.6 Å². The van der Waals surface area contributed by atoms with E-state index in [1.54, 1.807) is 0 Å². The van der Waals surface area contributed by atoms with Gasteiger partial charge in [0.15, 0.2) is 0 Å². The molecular formula is C14H22N2O2. The number of aliphatic hydroxyl groups excluding tert-OH is 1. The molecule has 4 heteroatoms. The molecule has 0 atom stereocenters. The van der Waals surface area contributed by atoms with Gasteiger partial charge in [0, 0.05) is 37.6 Å². The van der Waals surface area contributed by atoms with E-state index in [4.69, 9.17) is 4.74 Å². The molecule has 0 radical (unpaired) electrons. The lowest BCUT2D eigenvalue weighted by Gasteiger charge is -2.33. The van der Waals surface area contributed by atoms with Crippen LogP contribution in [-0.2, 0) is 11.3 Å². The van der Waals surface area contributed by atoms with Crippen molar-refractivity contribution >= 4 is 5.82 Å². The van der Waals surface area contributed by atoms with E-state index in [2.05, 4.69) is 16.9 Å². The van der Waals surface area contributed by atoms with Crippen LogP contribution < -0.4 is 4.90 Å². The zero-order chi connectivity index (χ0) is 13.1. The lowest BCUT2D eigenvalue weighted by molar-refractivity contribution is 0.0853. The summed E-state index contributed by atoms with van der Waals surface area (Å²) in [4.78, 5) is 6.81. The monoisotopic (exact) mass is 250 g/mol. The molecule has 0 bridgehead atoms. The molecule has 1 aliphatic rings. The van der Waals surface area contributed by atoms with Crippen molar-refractivity contribution < 1.29 is 9.84 Å². The van der Waals surface area contributed by atoms with Crippen LogP contribution in [0.2, 0.25) is 0 Å². The summed E-state index contributed by atoms with van der Waals surface area (Å²) in [6.45, 7) is 5.70. The van der Waals surface area contributed by atoms with E-state index in [1.807, 2.05) is 19.9 Å². The van der Waals surface area contributed by atoms with Crippen molar-refractivity contribution in [3.8, 4) is 0 Å². The Hall–Kier alpha value is -1.13. The van der Waals surface area contributed by atoms with E-state index in [-0.39, 0.29) is 6.61 Å². The van der Waals surface area contributed by atoms with Gasteiger partial charge in [0.05, 0.1) is 6.61 Å². The van der Waals surface area contributed by atoms with Crippen LogP contribution >= 0.6 is 0 Å². The molecule has 100 valence electrons. The molecule has 2 rings (SSSR count). The summed E-state index contributed by atoms with van der Waals surface area (Å²) in [5, 5.41) is 9.55. The maximum absolute atomic E-state index is 9.55. The largest absolute Gasteiger partial charge is 0.392 e. The predicted molar refractivity (Wildman–Crippen MR) is 71.9 cm³/mol. The van der Waals surface area contributed by atoms with Gasteiger partial charge in [-0.05, 0) is 38.3 Å². The normalized spacial score (nSPS) is 16.9. The molecule has 1 aliphatic heterocycles. The molecule has 1 N–H and O–H groups in total. The average Bonchev–Trinajstić information content (AvgIpc) is 2.38. The first-order valence-electron chi connectivity index (χ1n) is 6.52. The second-order valence-electron chi connectivity index (χ2n) is 5.00. The molecule has 1 aromatic rings. The summed E-state index contributed by atoms with van der Waals surface area (Å²) in [5.74, 6) is 0.918. The smallest absolute Gasteiger partial charge is 0.134 e. The molecular weight excluding hydrogens is 228 g/mol. The fourth-order valence-corrected chi connectivity index (χ4v) is 2.58. The highest BCUT2D eigenvalue weighted by Gasteiger charge is 2.22. The van der Waals surface area contributed by atoms with Gasteiger partial charge in [-0.1, -0.05) is 0 Å². The first-order valence-corrected chi connectivity index (χ1v) is 6.52. The Morgan fingerprint density at radius 1 is 1.39 bits per heavy atom. The number of nitrogens with zero attached hydrogens (tertiary/aromatic N) is 2. The van der Waals surface area contributed by atoms with Gasteiger partial charge in [0.25, 0.3) is 0 Å². The lowest BCUT2D eigenvalue weighted by atomic mass is 10.0. The summed E-state index contributed by atoms with van der Waals surface area (Å²) in [6, 6.07) is 2.48. The summed E-state index contributed by atoms with van der Waals surface area (Å²) in [6.07, 6.45) is 2.05. The third-order valence-corrected chi connectivity index (χ3v) is 3.68. The van der Waals surface area contributed by atoms with Crippen LogP contribution in [0.15, 0.2) is 6.07 Å². The van der Waals surface area contributed by atoms with Crippen LogP contribution in [0.25, 0.3) is 0 Å². The predicted octanol–water partition coefficient (Wildman–Crippen LogP) is 1.81. The number of aliphatic hydroxyl groups is 1. The lowest BCUT2D eigenvalue weighted by Crippen LogP contribution is -2.37. The van der Waals surface area contributed by atoms with Gasteiger partial charge in [-0.2, -0.15) is 0 Å². The maximum atomic E-state index is 9.55. The van der Waals surface area contributed by atoms with Gasteiger partial charge in [-0.25, -0.2) is 4.98 Å². The third-order valence-electron chi connectivity index (χ3n) is 3.68. The standard InChI is InChI=1S/C14H22N2O2/c1-10-8-11(2)15-14(13(10)9-17)16(3)12-4-6-18-7-5-12/h8,12,17H,4-7,9H2,1-3H3. The van der Waals surface area contributed by atoms with Crippen molar-refractivity contribution in [2.75, 3.05) is 25.2 Å². The molecule has 0 saturated carbocycles. The van der Waals surface area contributed by atoms with Crippen LogP contribution in [0.1, 0.15) is 29.7 Å². The Morgan fingerprint density at radius 3 is 2.67 bits per heavy atom. The zero-order valence-corrected chi connectivity index (χ0v) is 11.4. The van der Waals surface area contributed by atoms with Crippen molar-refractivity contribution in [3.05, 3.63) is 22.9 Å². The molecule has 4 nitrogen and oxygen atoms in total. The highest BCUT2D eigenvalue weighted by atomic mass is 16.5. The minimum absolute atomic E-state index is 0.0437. The van der Waals surface area contributed by atoms with Crippen molar-refractivity contribution in [3.63, 3.8) is 0 Å². The van der Waals surface area contributed by atoms with Gasteiger partial charge in [-0.15, -0.1) is 0 Å². The number of rotatable bonds is 3. The number of aryl methyl sites for hydroxylation is 2. The van der Waals surface area contributed by atoms with Gasteiger partial charge in [0.1, 0.15) is 5.82 Å². The van der Waals surface area contributed by atoms with Gasteiger partial charge in [-0.3, -0.25) is 0 Å². The number of hydrogen-bond donors (Lipinski definition) is 1. The molecule has 0 unspecified atom stereocenters. The summed E-state index contributed by atoms with van der Waals surface area (Å²) >= 11 is 0. The number of pyridine rings is 1. The molecule has 1 saturated heterocycles. The van der Waals surface area contributed by atoms with Gasteiger partial charge < -0.3 is 14.7 Å². The Morgan fingerprint density at radius 2 is 2.06 bits per heavy atom. The number of hydrogen-bond acceptors (Lipinski definition) is 4. The average molecular weight is 250 g/mol. The van der Waals surface area contributed by atoms with E-state index in [0.717, 1.165) is 48.7 Å². The molecule has 0 amide bonds. The Kier molecular flexibility index (Phi) is 4.19. The molecule has 0 aliphatic carbocycles. The molecule has 1 aromatic heterocycles. The fraction of sp³-hybridized carbons (Fsp3) is 0.643. The SMILES string of the molecule is Cc1cc(C)c(CO)c(N(C)C2CCOCC2)n1. The van der Waals surface area contributed by atoms with E-state index in [0.29, 0.717) is 6.04 Å².